The maximum absolute atomic E-state index is 11.9. The lowest BCUT2D eigenvalue weighted by atomic mass is 9.84. The summed E-state index contributed by atoms with van der Waals surface area (Å²) < 4.78 is 4.73. The normalized spacial score (nSPS) is 14.2. The van der Waals surface area contributed by atoms with Crippen molar-refractivity contribution >= 4 is 17.2 Å². The molecule has 0 bridgehead atoms. The van der Waals surface area contributed by atoms with Crippen LogP contribution in [0.3, 0.4) is 0 Å². The first-order valence-electron chi connectivity index (χ1n) is 6.36. The summed E-state index contributed by atoms with van der Waals surface area (Å²) in [6.07, 6.45) is 0. The van der Waals surface area contributed by atoms with E-state index in [1.54, 1.807) is 30.3 Å². The third-order valence-electron chi connectivity index (χ3n) is 2.91. The number of hydrogen-bond acceptors (Lipinski definition) is 6. The van der Waals surface area contributed by atoms with Crippen molar-refractivity contribution in [3.8, 4) is 6.07 Å². The molecule has 116 valence electrons. The topological polar surface area (TPSA) is 125 Å². The Kier molecular flexibility index (Phi) is 6.28. The number of nitro groups is 1. The van der Waals surface area contributed by atoms with Crippen LogP contribution < -0.4 is 10.8 Å². The summed E-state index contributed by atoms with van der Waals surface area (Å²) in [7, 11) is 0. The van der Waals surface area contributed by atoms with Gasteiger partial charge in [-0.1, -0.05) is 49.5 Å². The summed E-state index contributed by atoms with van der Waals surface area (Å²) in [4.78, 5) is 10.3. The van der Waals surface area contributed by atoms with Gasteiger partial charge in [0.25, 0.3) is 5.70 Å². The van der Waals surface area contributed by atoms with Crippen LogP contribution in [-0.4, -0.2) is 16.5 Å². The molecule has 0 heterocycles. The second-order valence-corrected chi connectivity index (χ2v) is 4.73. The highest BCUT2D eigenvalue weighted by Crippen LogP contribution is 2.33. The van der Waals surface area contributed by atoms with Crippen LogP contribution in [0.5, 0.6) is 0 Å². The second kappa shape index (κ2) is 7.95. The predicted octanol–water partition coefficient (Wildman–Crippen LogP) is 1.04. The van der Waals surface area contributed by atoms with Gasteiger partial charge in [-0.15, -0.1) is 0 Å². The number of hydrogen-bond donors (Lipinski definition) is 1. The highest BCUT2D eigenvalue weighted by Gasteiger charge is 2.37. The van der Waals surface area contributed by atoms with E-state index >= 15 is 0 Å². The Labute approximate surface area is 132 Å². The SMILES string of the molecule is CCO/C([O-])=C(/C(c1ccccc1)C(C#N)C(N)=S)[N+](=O)[O-]. The Hall–Kier alpha value is -2.66. The summed E-state index contributed by atoms with van der Waals surface area (Å²) in [6, 6.07) is 9.95. The van der Waals surface area contributed by atoms with E-state index in [-0.39, 0.29) is 11.6 Å². The summed E-state index contributed by atoms with van der Waals surface area (Å²) in [5.41, 5.74) is 5.15. The number of thiocarbonyl (C=S) groups is 1. The van der Waals surface area contributed by atoms with E-state index in [4.69, 9.17) is 22.7 Å². The van der Waals surface area contributed by atoms with Gasteiger partial charge in [-0.25, -0.2) is 0 Å². The summed E-state index contributed by atoms with van der Waals surface area (Å²) in [5, 5.41) is 32.6. The third kappa shape index (κ3) is 3.93. The van der Waals surface area contributed by atoms with Crippen LogP contribution >= 0.6 is 12.2 Å². The van der Waals surface area contributed by atoms with Gasteiger partial charge in [0.05, 0.1) is 21.9 Å². The molecule has 0 fully saturated rings. The standard InChI is InChI=1S/C14H15N3O4S/c1-2-21-14(18)12(17(19)20)11(10(8-15)13(16)22)9-6-4-3-5-7-9/h3-7,10-11,18H,2H2,1H3,(H2,16,22)/p-1/b14-12-. The molecule has 0 spiro atoms. The maximum Gasteiger partial charge on any atom is 0.276 e. The molecule has 0 aliphatic carbocycles. The molecule has 1 aromatic carbocycles. The van der Waals surface area contributed by atoms with E-state index in [1.807, 2.05) is 6.07 Å². The van der Waals surface area contributed by atoms with E-state index in [0.717, 1.165) is 0 Å². The largest absolute Gasteiger partial charge is 0.609 e. The molecule has 2 atom stereocenters. The lowest BCUT2D eigenvalue weighted by Gasteiger charge is -2.23. The molecule has 8 heteroatoms. The van der Waals surface area contributed by atoms with Gasteiger partial charge in [0, 0.05) is 0 Å². The van der Waals surface area contributed by atoms with Crippen molar-refractivity contribution in [2.45, 2.75) is 12.8 Å². The zero-order valence-electron chi connectivity index (χ0n) is 11.8. The maximum atomic E-state index is 11.9. The number of benzene rings is 1. The second-order valence-electron chi connectivity index (χ2n) is 4.26. The van der Waals surface area contributed by atoms with Gasteiger partial charge in [-0.3, -0.25) is 10.1 Å². The van der Waals surface area contributed by atoms with Crippen molar-refractivity contribution in [2.75, 3.05) is 6.61 Å². The van der Waals surface area contributed by atoms with Crippen molar-refractivity contribution in [2.24, 2.45) is 11.7 Å². The predicted molar refractivity (Wildman–Crippen MR) is 80.7 cm³/mol. The van der Waals surface area contributed by atoms with Gasteiger partial charge < -0.3 is 15.6 Å². The molecule has 0 saturated carbocycles. The Balaban J connectivity index is 3.55. The van der Waals surface area contributed by atoms with E-state index in [9.17, 15) is 20.5 Å². The van der Waals surface area contributed by atoms with E-state index in [0.29, 0.717) is 5.56 Å². The molecule has 0 radical (unpaired) electrons. The zero-order chi connectivity index (χ0) is 16.7. The number of nitrogens with zero attached hydrogens (tertiary/aromatic N) is 2. The smallest absolute Gasteiger partial charge is 0.276 e. The lowest BCUT2D eigenvalue weighted by molar-refractivity contribution is -0.461. The monoisotopic (exact) mass is 320 g/mol. The molecule has 0 amide bonds. The van der Waals surface area contributed by atoms with Crippen LogP contribution in [0.15, 0.2) is 42.0 Å². The summed E-state index contributed by atoms with van der Waals surface area (Å²) in [5.74, 6) is -3.49. The van der Waals surface area contributed by atoms with E-state index in [1.165, 1.54) is 6.92 Å². The minimum absolute atomic E-state index is 0.0258. The molecule has 0 aromatic heterocycles. The van der Waals surface area contributed by atoms with E-state index < -0.39 is 28.4 Å². The molecular weight excluding hydrogens is 306 g/mol. The number of nitrogens with two attached hydrogens (primary N) is 1. The minimum atomic E-state index is -1.20. The van der Waals surface area contributed by atoms with Crippen molar-refractivity contribution in [1.82, 2.24) is 0 Å². The summed E-state index contributed by atoms with van der Waals surface area (Å²) >= 11 is 4.82. The number of ether oxygens (including phenoxy) is 1. The first-order chi connectivity index (χ1) is 10.4. The van der Waals surface area contributed by atoms with Gasteiger partial charge >= 0.3 is 0 Å². The molecule has 0 aliphatic heterocycles. The fourth-order valence-electron chi connectivity index (χ4n) is 1.99. The Morgan fingerprint density at radius 3 is 2.50 bits per heavy atom. The molecular formula is C14H14N3O4S-. The molecule has 1 aromatic rings. The highest BCUT2D eigenvalue weighted by atomic mass is 32.1. The number of allylic oxidation sites excluding steroid dienone is 1. The number of rotatable bonds is 7. The van der Waals surface area contributed by atoms with Gasteiger partial charge in [0.2, 0.25) is 0 Å². The van der Waals surface area contributed by atoms with Crippen LogP contribution in [0.2, 0.25) is 0 Å². The number of nitriles is 1. The molecule has 22 heavy (non-hydrogen) atoms. The van der Waals surface area contributed by atoms with Crippen LogP contribution in [-0.2, 0) is 4.74 Å². The molecule has 1 rings (SSSR count). The average Bonchev–Trinajstić information content (AvgIpc) is 2.47. The molecule has 0 saturated heterocycles. The van der Waals surface area contributed by atoms with Crippen LogP contribution in [0.25, 0.3) is 0 Å². The first-order valence-corrected chi connectivity index (χ1v) is 6.77. The van der Waals surface area contributed by atoms with Crippen molar-refractivity contribution in [3.63, 3.8) is 0 Å². The van der Waals surface area contributed by atoms with Crippen molar-refractivity contribution in [1.29, 1.82) is 5.26 Å². The van der Waals surface area contributed by atoms with Gasteiger partial charge in [-0.2, -0.15) is 5.26 Å². The molecule has 0 aliphatic rings. The summed E-state index contributed by atoms with van der Waals surface area (Å²) in [6.45, 7) is 1.50. The van der Waals surface area contributed by atoms with Gasteiger partial charge in [0.1, 0.15) is 11.9 Å². The average molecular weight is 320 g/mol. The van der Waals surface area contributed by atoms with Crippen LogP contribution in [0.4, 0.5) is 0 Å². The molecule has 2 unspecified atom stereocenters. The quantitative estimate of drug-likeness (QED) is 0.344. The Bertz CT molecular complexity index is 625. The van der Waals surface area contributed by atoms with Gasteiger partial charge in [0.15, 0.2) is 0 Å². The Morgan fingerprint density at radius 2 is 2.09 bits per heavy atom. The van der Waals surface area contributed by atoms with E-state index in [2.05, 4.69) is 0 Å². The molecule has 7 nitrogen and oxygen atoms in total. The zero-order valence-corrected chi connectivity index (χ0v) is 12.6. The fourth-order valence-corrected chi connectivity index (χ4v) is 2.18. The minimum Gasteiger partial charge on any atom is -0.609 e. The highest BCUT2D eigenvalue weighted by molar-refractivity contribution is 7.80. The van der Waals surface area contributed by atoms with Crippen LogP contribution in [0.1, 0.15) is 18.4 Å². The van der Waals surface area contributed by atoms with Crippen molar-refractivity contribution < 1.29 is 14.8 Å². The van der Waals surface area contributed by atoms with Crippen molar-refractivity contribution in [3.05, 3.63) is 57.7 Å². The van der Waals surface area contributed by atoms with Gasteiger partial charge in [-0.05, 0) is 12.2 Å². The fraction of sp³-hybridized carbons (Fsp3) is 0.286. The van der Waals surface area contributed by atoms with Crippen LogP contribution in [0, 0.1) is 27.4 Å². The third-order valence-corrected chi connectivity index (χ3v) is 3.17. The first kappa shape index (κ1) is 17.4. The molecule has 2 N–H and O–H groups in total. The lowest BCUT2D eigenvalue weighted by Crippen LogP contribution is -2.31. The Morgan fingerprint density at radius 1 is 1.50 bits per heavy atom.